The number of carbonyl (C=O) groups excluding carboxylic acids is 1. The number of aliphatic hydroxyl groups excluding tert-OH is 1. The van der Waals surface area contributed by atoms with E-state index in [1.807, 2.05) is 18.2 Å². The number of unbranched alkanes of at least 4 members (excludes halogenated alkanes) is 5. The van der Waals surface area contributed by atoms with E-state index in [-0.39, 0.29) is 19.4 Å². The SMILES string of the molecule is C.CCCCCCCCC(=O)N[C@H](CN1CCCC1)[C@H](O)c1ccc2c(c1)OCCO2. The number of carbonyl (C=O) groups is 1. The molecule has 176 valence electrons. The summed E-state index contributed by atoms with van der Waals surface area (Å²) in [6.07, 6.45) is 9.04. The molecule has 2 heterocycles. The zero-order valence-corrected chi connectivity index (χ0v) is 18.4. The lowest BCUT2D eigenvalue weighted by Gasteiger charge is -2.29. The highest BCUT2D eigenvalue weighted by Gasteiger charge is 2.27. The summed E-state index contributed by atoms with van der Waals surface area (Å²) in [6.45, 7) is 5.98. The maximum Gasteiger partial charge on any atom is 0.220 e. The van der Waals surface area contributed by atoms with Crippen LogP contribution < -0.4 is 14.8 Å². The van der Waals surface area contributed by atoms with Crippen molar-refractivity contribution in [3.8, 4) is 11.5 Å². The Bertz CT molecular complexity index is 661. The predicted molar refractivity (Wildman–Crippen MR) is 125 cm³/mol. The molecule has 6 nitrogen and oxygen atoms in total. The van der Waals surface area contributed by atoms with E-state index < -0.39 is 6.10 Å². The molecule has 2 atom stereocenters. The van der Waals surface area contributed by atoms with E-state index >= 15 is 0 Å². The zero-order chi connectivity index (χ0) is 21.2. The number of likely N-dealkylation sites (tertiary alicyclic amines) is 1. The smallest absolute Gasteiger partial charge is 0.220 e. The van der Waals surface area contributed by atoms with Gasteiger partial charge in [-0.15, -0.1) is 0 Å². The third kappa shape index (κ3) is 8.00. The average molecular weight is 435 g/mol. The standard InChI is InChI=1S/C24H38N2O4.CH4/c1-2-3-4-5-6-7-10-23(27)25-20(18-26-13-8-9-14-26)24(28)19-11-12-21-22(17-19)30-16-15-29-21;/h11-12,17,20,24,28H,2-10,13-16,18H2,1H3,(H,25,27);1H4/t20-,24-;/m1./s1. The van der Waals surface area contributed by atoms with E-state index in [0.717, 1.165) is 31.5 Å². The van der Waals surface area contributed by atoms with Crippen LogP contribution in [0.4, 0.5) is 0 Å². The minimum atomic E-state index is -0.782. The van der Waals surface area contributed by atoms with Crippen LogP contribution in [-0.4, -0.2) is 54.8 Å². The molecule has 0 aliphatic carbocycles. The number of benzene rings is 1. The first-order valence-electron chi connectivity index (χ1n) is 11.8. The Morgan fingerprint density at radius 3 is 2.48 bits per heavy atom. The summed E-state index contributed by atoms with van der Waals surface area (Å²) in [5, 5.41) is 14.2. The topological polar surface area (TPSA) is 71.0 Å². The van der Waals surface area contributed by atoms with Crippen molar-refractivity contribution in [2.24, 2.45) is 0 Å². The molecular formula is C25H42N2O4. The number of amides is 1. The molecular weight excluding hydrogens is 392 g/mol. The molecule has 6 heteroatoms. The van der Waals surface area contributed by atoms with E-state index in [9.17, 15) is 9.90 Å². The first-order valence-corrected chi connectivity index (χ1v) is 11.8. The molecule has 1 amide bonds. The van der Waals surface area contributed by atoms with Gasteiger partial charge in [0.25, 0.3) is 0 Å². The van der Waals surface area contributed by atoms with Crippen LogP contribution in [0.3, 0.4) is 0 Å². The van der Waals surface area contributed by atoms with Crippen molar-refractivity contribution in [2.75, 3.05) is 32.8 Å². The number of nitrogens with one attached hydrogen (secondary N) is 1. The monoisotopic (exact) mass is 434 g/mol. The molecule has 1 fully saturated rings. The van der Waals surface area contributed by atoms with Crippen molar-refractivity contribution in [1.29, 1.82) is 0 Å². The highest BCUT2D eigenvalue weighted by molar-refractivity contribution is 5.76. The summed E-state index contributed by atoms with van der Waals surface area (Å²) in [5.74, 6) is 1.41. The lowest BCUT2D eigenvalue weighted by Crippen LogP contribution is -2.46. The fourth-order valence-corrected chi connectivity index (χ4v) is 4.29. The van der Waals surface area contributed by atoms with Crippen molar-refractivity contribution in [3.63, 3.8) is 0 Å². The van der Waals surface area contributed by atoms with Gasteiger partial charge in [-0.3, -0.25) is 4.79 Å². The van der Waals surface area contributed by atoms with Gasteiger partial charge >= 0.3 is 0 Å². The Balaban J connectivity index is 0.00000341. The molecule has 0 unspecified atom stereocenters. The van der Waals surface area contributed by atoms with Crippen LogP contribution in [0.15, 0.2) is 18.2 Å². The lowest BCUT2D eigenvalue weighted by molar-refractivity contribution is -0.123. The first kappa shape index (κ1) is 25.5. The highest BCUT2D eigenvalue weighted by atomic mass is 16.6. The van der Waals surface area contributed by atoms with Crippen LogP contribution in [0.25, 0.3) is 0 Å². The lowest BCUT2D eigenvalue weighted by atomic mass is 10.0. The fraction of sp³-hybridized carbons (Fsp3) is 0.720. The normalized spacial score (nSPS) is 17.6. The Hall–Kier alpha value is -1.79. The molecule has 0 radical (unpaired) electrons. The average Bonchev–Trinajstić information content (AvgIpc) is 3.28. The third-order valence-electron chi connectivity index (χ3n) is 6.05. The molecule has 0 saturated carbocycles. The second-order valence-corrected chi connectivity index (χ2v) is 8.55. The number of hydrogen-bond acceptors (Lipinski definition) is 5. The van der Waals surface area contributed by atoms with Gasteiger partial charge in [0.05, 0.1) is 6.04 Å². The van der Waals surface area contributed by atoms with Crippen LogP contribution in [0.1, 0.15) is 83.8 Å². The molecule has 3 rings (SSSR count). The molecule has 1 saturated heterocycles. The van der Waals surface area contributed by atoms with Crippen molar-refractivity contribution < 1.29 is 19.4 Å². The predicted octanol–water partition coefficient (Wildman–Crippen LogP) is 4.46. The number of ether oxygens (including phenoxy) is 2. The van der Waals surface area contributed by atoms with Gasteiger partial charge in [-0.1, -0.05) is 52.5 Å². The second-order valence-electron chi connectivity index (χ2n) is 8.55. The minimum absolute atomic E-state index is 0. The van der Waals surface area contributed by atoms with Gasteiger partial charge in [0.15, 0.2) is 11.5 Å². The number of rotatable bonds is 12. The van der Waals surface area contributed by atoms with E-state index in [2.05, 4.69) is 17.1 Å². The summed E-state index contributed by atoms with van der Waals surface area (Å²) >= 11 is 0. The summed E-state index contributed by atoms with van der Waals surface area (Å²) in [4.78, 5) is 14.9. The Kier molecular flexibility index (Phi) is 11.2. The molecule has 0 bridgehead atoms. The van der Waals surface area contributed by atoms with Gasteiger partial charge in [-0.25, -0.2) is 0 Å². The van der Waals surface area contributed by atoms with Gasteiger partial charge in [-0.2, -0.15) is 0 Å². The summed E-state index contributed by atoms with van der Waals surface area (Å²) in [6, 6.07) is 5.22. The molecule has 1 aromatic rings. The first-order chi connectivity index (χ1) is 14.7. The van der Waals surface area contributed by atoms with E-state index in [1.165, 1.54) is 38.5 Å². The fourth-order valence-electron chi connectivity index (χ4n) is 4.29. The van der Waals surface area contributed by atoms with Crippen LogP contribution in [0.5, 0.6) is 11.5 Å². The van der Waals surface area contributed by atoms with Crippen LogP contribution in [0.2, 0.25) is 0 Å². The van der Waals surface area contributed by atoms with Crippen molar-refractivity contribution in [2.45, 2.75) is 84.3 Å². The largest absolute Gasteiger partial charge is 0.486 e. The molecule has 31 heavy (non-hydrogen) atoms. The van der Waals surface area contributed by atoms with Crippen molar-refractivity contribution >= 4 is 5.91 Å². The molecule has 2 aliphatic rings. The van der Waals surface area contributed by atoms with Gasteiger partial charge in [0.1, 0.15) is 19.3 Å². The van der Waals surface area contributed by atoms with Gasteiger partial charge in [0, 0.05) is 13.0 Å². The van der Waals surface area contributed by atoms with E-state index in [0.29, 0.717) is 37.7 Å². The molecule has 1 aromatic carbocycles. The minimum Gasteiger partial charge on any atom is -0.486 e. The Labute approximate surface area is 188 Å². The molecule has 2 aliphatic heterocycles. The highest BCUT2D eigenvalue weighted by Crippen LogP contribution is 2.33. The summed E-state index contributed by atoms with van der Waals surface area (Å²) < 4.78 is 11.3. The second kappa shape index (κ2) is 13.6. The van der Waals surface area contributed by atoms with Crippen LogP contribution in [-0.2, 0) is 4.79 Å². The Morgan fingerprint density at radius 1 is 1.06 bits per heavy atom. The molecule has 0 spiro atoms. The van der Waals surface area contributed by atoms with Crippen molar-refractivity contribution in [1.82, 2.24) is 10.2 Å². The Morgan fingerprint density at radius 2 is 1.74 bits per heavy atom. The third-order valence-corrected chi connectivity index (χ3v) is 6.05. The van der Waals surface area contributed by atoms with Crippen molar-refractivity contribution in [3.05, 3.63) is 23.8 Å². The van der Waals surface area contributed by atoms with Gasteiger partial charge in [-0.05, 0) is 50.0 Å². The number of hydrogen-bond donors (Lipinski definition) is 2. The summed E-state index contributed by atoms with van der Waals surface area (Å²) in [7, 11) is 0. The van der Waals surface area contributed by atoms with Crippen LogP contribution in [0, 0.1) is 0 Å². The quantitative estimate of drug-likeness (QED) is 0.475. The number of aliphatic hydroxyl groups is 1. The van der Waals surface area contributed by atoms with E-state index in [1.54, 1.807) is 0 Å². The zero-order valence-electron chi connectivity index (χ0n) is 18.4. The summed E-state index contributed by atoms with van der Waals surface area (Å²) in [5.41, 5.74) is 0.753. The van der Waals surface area contributed by atoms with Gasteiger partial charge < -0.3 is 24.8 Å². The molecule has 0 aromatic heterocycles. The number of nitrogens with zero attached hydrogens (tertiary/aromatic N) is 1. The maximum atomic E-state index is 12.6. The van der Waals surface area contributed by atoms with Crippen LogP contribution >= 0.6 is 0 Å². The van der Waals surface area contributed by atoms with E-state index in [4.69, 9.17) is 9.47 Å². The van der Waals surface area contributed by atoms with Gasteiger partial charge in [0.2, 0.25) is 5.91 Å². The number of fused-ring (bicyclic) bond motifs is 1. The maximum absolute atomic E-state index is 12.6. The molecule has 2 N–H and O–H groups in total.